The summed E-state index contributed by atoms with van der Waals surface area (Å²) in [7, 11) is 0. The second-order valence-corrected chi connectivity index (χ2v) is 4.84. The molecule has 0 bridgehead atoms. The Kier molecular flexibility index (Phi) is 4.37. The van der Waals surface area contributed by atoms with Gasteiger partial charge in [-0.2, -0.15) is 0 Å². The van der Waals surface area contributed by atoms with E-state index in [1.165, 1.54) is 0 Å². The van der Waals surface area contributed by atoms with E-state index in [4.69, 9.17) is 16.3 Å². The molecule has 1 heterocycles. The van der Waals surface area contributed by atoms with Crippen molar-refractivity contribution >= 4 is 11.6 Å². The first-order chi connectivity index (χ1) is 8.18. The molecule has 1 aliphatic heterocycles. The molecule has 94 valence electrons. The molecule has 1 aromatic rings. The SMILES string of the molecule is CC(NCc1cccc(Cl)c1F)C1CCCO1. The van der Waals surface area contributed by atoms with Gasteiger partial charge in [0.1, 0.15) is 5.82 Å². The Hall–Kier alpha value is -0.640. The van der Waals surface area contributed by atoms with Crippen LogP contribution < -0.4 is 5.32 Å². The van der Waals surface area contributed by atoms with Crippen molar-refractivity contribution in [1.29, 1.82) is 0 Å². The highest BCUT2D eigenvalue weighted by Gasteiger charge is 2.22. The molecule has 2 unspecified atom stereocenters. The zero-order valence-corrected chi connectivity index (χ0v) is 10.6. The molecule has 2 atom stereocenters. The predicted molar refractivity (Wildman–Crippen MR) is 66.7 cm³/mol. The fraction of sp³-hybridized carbons (Fsp3) is 0.538. The van der Waals surface area contributed by atoms with Gasteiger partial charge in [-0.25, -0.2) is 4.39 Å². The van der Waals surface area contributed by atoms with Crippen molar-refractivity contribution in [2.75, 3.05) is 6.61 Å². The number of benzene rings is 1. The van der Waals surface area contributed by atoms with Crippen LogP contribution in [-0.2, 0) is 11.3 Å². The lowest BCUT2D eigenvalue weighted by Crippen LogP contribution is -2.36. The Morgan fingerprint density at radius 2 is 2.41 bits per heavy atom. The topological polar surface area (TPSA) is 21.3 Å². The van der Waals surface area contributed by atoms with Gasteiger partial charge in [-0.3, -0.25) is 0 Å². The van der Waals surface area contributed by atoms with Gasteiger partial charge < -0.3 is 10.1 Å². The van der Waals surface area contributed by atoms with Crippen LogP contribution in [0.2, 0.25) is 5.02 Å². The van der Waals surface area contributed by atoms with Crippen molar-refractivity contribution < 1.29 is 9.13 Å². The van der Waals surface area contributed by atoms with Gasteiger partial charge in [0.05, 0.1) is 11.1 Å². The Labute approximate surface area is 106 Å². The predicted octanol–water partition coefficient (Wildman–Crippen LogP) is 3.14. The first-order valence-electron chi connectivity index (χ1n) is 5.96. The minimum Gasteiger partial charge on any atom is -0.377 e. The van der Waals surface area contributed by atoms with Crippen molar-refractivity contribution in [3.05, 3.63) is 34.6 Å². The summed E-state index contributed by atoms with van der Waals surface area (Å²) in [6.45, 7) is 3.38. The fourth-order valence-electron chi connectivity index (χ4n) is 2.08. The van der Waals surface area contributed by atoms with E-state index in [2.05, 4.69) is 12.2 Å². The van der Waals surface area contributed by atoms with Crippen LogP contribution in [0.3, 0.4) is 0 Å². The van der Waals surface area contributed by atoms with Crippen LogP contribution >= 0.6 is 11.6 Å². The third kappa shape index (κ3) is 3.18. The van der Waals surface area contributed by atoms with Gasteiger partial charge in [-0.15, -0.1) is 0 Å². The van der Waals surface area contributed by atoms with Crippen molar-refractivity contribution in [3.63, 3.8) is 0 Å². The first-order valence-corrected chi connectivity index (χ1v) is 6.34. The van der Waals surface area contributed by atoms with Crippen LogP contribution in [-0.4, -0.2) is 18.8 Å². The van der Waals surface area contributed by atoms with Crippen molar-refractivity contribution in [3.8, 4) is 0 Å². The quantitative estimate of drug-likeness (QED) is 0.895. The molecular formula is C13H17ClFNO. The van der Waals surface area contributed by atoms with Crippen LogP contribution in [0.25, 0.3) is 0 Å². The summed E-state index contributed by atoms with van der Waals surface area (Å²) in [5.74, 6) is -0.332. The lowest BCUT2D eigenvalue weighted by Gasteiger charge is -2.20. The van der Waals surface area contributed by atoms with Gasteiger partial charge in [-0.05, 0) is 25.8 Å². The van der Waals surface area contributed by atoms with Crippen LogP contribution in [0.4, 0.5) is 4.39 Å². The highest BCUT2D eigenvalue weighted by Crippen LogP contribution is 2.19. The lowest BCUT2D eigenvalue weighted by molar-refractivity contribution is 0.0831. The maximum Gasteiger partial charge on any atom is 0.146 e. The summed E-state index contributed by atoms with van der Waals surface area (Å²) in [5.41, 5.74) is 0.599. The molecule has 2 rings (SSSR count). The molecule has 17 heavy (non-hydrogen) atoms. The number of nitrogens with one attached hydrogen (secondary N) is 1. The van der Waals surface area contributed by atoms with E-state index in [0.717, 1.165) is 19.4 Å². The van der Waals surface area contributed by atoms with Gasteiger partial charge >= 0.3 is 0 Å². The molecule has 4 heteroatoms. The highest BCUT2D eigenvalue weighted by atomic mass is 35.5. The third-order valence-corrected chi connectivity index (χ3v) is 3.46. The molecule has 1 aromatic carbocycles. The third-order valence-electron chi connectivity index (χ3n) is 3.17. The van der Waals surface area contributed by atoms with E-state index < -0.39 is 0 Å². The van der Waals surface area contributed by atoms with Crippen LogP contribution in [0.1, 0.15) is 25.3 Å². The van der Waals surface area contributed by atoms with E-state index in [9.17, 15) is 4.39 Å². The minimum atomic E-state index is -0.332. The molecule has 0 radical (unpaired) electrons. The summed E-state index contributed by atoms with van der Waals surface area (Å²) in [6, 6.07) is 5.30. The van der Waals surface area contributed by atoms with Gasteiger partial charge in [0.2, 0.25) is 0 Å². The summed E-state index contributed by atoms with van der Waals surface area (Å²) < 4.78 is 19.2. The van der Waals surface area contributed by atoms with E-state index >= 15 is 0 Å². The number of rotatable bonds is 4. The van der Waals surface area contributed by atoms with Crippen LogP contribution in [0.15, 0.2) is 18.2 Å². The molecule has 2 nitrogen and oxygen atoms in total. The molecule has 0 aromatic heterocycles. The monoisotopic (exact) mass is 257 g/mol. The van der Waals surface area contributed by atoms with Gasteiger partial charge in [0.15, 0.2) is 0 Å². The Morgan fingerprint density at radius 3 is 3.12 bits per heavy atom. The molecule has 1 saturated heterocycles. The second kappa shape index (κ2) is 5.80. The summed E-state index contributed by atoms with van der Waals surface area (Å²) in [6.07, 6.45) is 2.44. The number of ether oxygens (including phenoxy) is 1. The molecule has 1 fully saturated rings. The van der Waals surface area contributed by atoms with Gasteiger partial charge in [0, 0.05) is 24.8 Å². The molecule has 0 amide bonds. The van der Waals surface area contributed by atoms with E-state index in [0.29, 0.717) is 12.1 Å². The van der Waals surface area contributed by atoms with Crippen molar-refractivity contribution in [2.24, 2.45) is 0 Å². The fourth-order valence-corrected chi connectivity index (χ4v) is 2.28. The molecular weight excluding hydrogens is 241 g/mol. The molecule has 0 aliphatic carbocycles. The maximum absolute atomic E-state index is 13.6. The zero-order chi connectivity index (χ0) is 12.3. The Bertz CT molecular complexity index is 380. The van der Waals surface area contributed by atoms with Crippen LogP contribution in [0.5, 0.6) is 0 Å². The molecule has 0 saturated carbocycles. The number of hydrogen-bond acceptors (Lipinski definition) is 2. The first kappa shape index (κ1) is 12.8. The summed E-state index contributed by atoms with van der Waals surface area (Å²) in [4.78, 5) is 0. The largest absolute Gasteiger partial charge is 0.377 e. The lowest BCUT2D eigenvalue weighted by atomic mass is 10.1. The standard InChI is InChI=1S/C13H17ClFNO/c1-9(12-6-3-7-17-12)16-8-10-4-2-5-11(14)13(10)15/h2,4-5,9,12,16H,3,6-8H2,1H3. The van der Waals surface area contributed by atoms with E-state index in [1.807, 2.05) is 0 Å². The second-order valence-electron chi connectivity index (χ2n) is 4.43. The van der Waals surface area contributed by atoms with Crippen molar-refractivity contribution in [1.82, 2.24) is 5.32 Å². The van der Waals surface area contributed by atoms with E-state index in [-0.39, 0.29) is 23.0 Å². The smallest absolute Gasteiger partial charge is 0.146 e. The van der Waals surface area contributed by atoms with Crippen LogP contribution in [0, 0.1) is 5.82 Å². The average molecular weight is 258 g/mol. The molecule has 1 aliphatic rings. The Balaban J connectivity index is 1.90. The maximum atomic E-state index is 13.6. The van der Waals surface area contributed by atoms with E-state index in [1.54, 1.807) is 18.2 Å². The summed E-state index contributed by atoms with van der Waals surface area (Å²) in [5, 5.41) is 3.46. The molecule has 0 spiro atoms. The zero-order valence-electron chi connectivity index (χ0n) is 9.88. The van der Waals surface area contributed by atoms with Gasteiger partial charge in [-0.1, -0.05) is 23.7 Å². The van der Waals surface area contributed by atoms with Crippen molar-refractivity contribution in [2.45, 2.75) is 38.5 Å². The minimum absolute atomic E-state index is 0.175. The highest BCUT2D eigenvalue weighted by molar-refractivity contribution is 6.30. The normalized spacial score (nSPS) is 21.7. The Morgan fingerprint density at radius 1 is 1.59 bits per heavy atom. The van der Waals surface area contributed by atoms with Gasteiger partial charge in [0.25, 0.3) is 0 Å². The number of hydrogen-bond donors (Lipinski definition) is 1. The summed E-state index contributed by atoms with van der Waals surface area (Å²) >= 11 is 5.73. The average Bonchev–Trinajstić information content (AvgIpc) is 2.84. The number of halogens is 2. The molecule has 1 N–H and O–H groups in total.